The van der Waals surface area contributed by atoms with E-state index < -0.39 is 0 Å². The second-order valence-corrected chi connectivity index (χ2v) is 7.98. The van der Waals surface area contributed by atoms with Crippen LogP contribution in [0.25, 0.3) is 0 Å². The number of ketones is 1. The highest BCUT2D eigenvalue weighted by Gasteiger charge is 2.13. The number of hydrogen-bond acceptors (Lipinski definition) is 7. The second-order valence-electron chi connectivity index (χ2n) is 5.78. The van der Waals surface area contributed by atoms with Gasteiger partial charge < -0.3 is 4.74 Å². The van der Waals surface area contributed by atoms with Crippen molar-refractivity contribution >= 4 is 39.9 Å². The summed E-state index contributed by atoms with van der Waals surface area (Å²) in [7, 11) is 0. The summed E-state index contributed by atoms with van der Waals surface area (Å²) < 4.78 is 6.18. The summed E-state index contributed by atoms with van der Waals surface area (Å²) in [5.74, 6) is 0.663. The molecule has 0 saturated carbocycles. The van der Waals surface area contributed by atoms with Gasteiger partial charge in [-0.05, 0) is 24.6 Å². The van der Waals surface area contributed by atoms with Gasteiger partial charge in [0.1, 0.15) is 5.75 Å². The molecule has 0 unspecified atom stereocenters. The molecule has 0 saturated heterocycles. The maximum absolute atomic E-state index is 12.4. The number of hydrogen-bond donors (Lipinski definition) is 1. The monoisotopic (exact) mass is 413 g/mol. The Morgan fingerprint density at radius 2 is 1.86 bits per heavy atom. The predicted octanol–water partition coefficient (Wildman–Crippen LogP) is 4.55. The van der Waals surface area contributed by atoms with Crippen LogP contribution in [0.2, 0.25) is 0 Å². The van der Waals surface area contributed by atoms with E-state index in [1.165, 1.54) is 23.1 Å². The molecule has 1 amide bonds. The summed E-state index contributed by atoms with van der Waals surface area (Å²) in [6, 6.07) is 16.1. The van der Waals surface area contributed by atoms with Crippen LogP contribution in [0.15, 0.2) is 58.9 Å². The number of anilines is 1. The molecule has 0 atom stereocenters. The molecule has 6 nitrogen and oxygen atoms in total. The first-order valence-corrected chi connectivity index (χ1v) is 10.5. The van der Waals surface area contributed by atoms with Crippen molar-refractivity contribution in [3.8, 4) is 5.75 Å². The van der Waals surface area contributed by atoms with Gasteiger partial charge >= 0.3 is 0 Å². The molecule has 0 radical (unpaired) electrons. The van der Waals surface area contributed by atoms with Crippen molar-refractivity contribution in [3.05, 3.63) is 65.7 Å². The van der Waals surface area contributed by atoms with Gasteiger partial charge in [0.25, 0.3) is 5.91 Å². The van der Waals surface area contributed by atoms with E-state index in [1.807, 2.05) is 31.2 Å². The summed E-state index contributed by atoms with van der Waals surface area (Å²) in [5.41, 5.74) is 1.15. The number of amides is 1. The minimum Gasteiger partial charge on any atom is -0.494 e. The summed E-state index contributed by atoms with van der Waals surface area (Å²) in [6.45, 7) is 2.62. The minimum atomic E-state index is -0.282. The third kappa shape index (κ3) is 5.64. The van der Waals surface area contributed by atoms with Gasteiger partial charge in [-0.2, -0.15) is 0 Å². The molecule has 144 valence electrons. The van der Waals surface area contributed by atoms with Crippen LogP contribution < -0.4 is 10.1 Å². The number of Topliss-reactive ketones (excluding diaryl/α,β-unsaturated/α-hetero) is 1. The fourth-order valence-corrected chi connectivity index (χ4v) is 3.91. The molecule has 1 aromatic heterocycles. The van der Waals surface area contributed by atoms with Crippen LogP contribution in [0.1, 0.15) is 34.1 Å². The molecule has 3 rings (SSSR count). The maximum Gasteiger partial charge on any atom is 0.257 e. The number of thioether (sulfide) groups is 1. The van der Waals surface area contributed by atoms with E-state index in [4.69, 9.17) is 4.74 Å². The van der Waals surface area contributed by atoms with Crippen LogP contribution in [0.3, 0.4) is 0 Å². The summed E-state index contributed by atoms with van der Waals surface area (Å²) in [6.07, 6.45) is 0.897. The van der Waals surface area contributed by atoms with Gasteiger partial charge in [-0.25, -0.2) is 0 Å². The Hall–Kier alpha value is -2.71. The molecule has 0 fully saturated rings. The topological polar surface area (TPSA) is 81.2 Å². The number of aromatic nitrogens is 2. The Morgan fingerprint density at radius 1 is 1.07 bits per heavy atom. The van der Waals surface area contributed by atoms with E-state index in [0.29, 0.717) is 33.0 Å². The molecule has 1 heterocycles. The Kier molecular flexibility index (Phi) is 7.16. The molecule has 0 aliphatic carbocycles. The van der Waals surface area contributed by atoms with Crippen LogP contribution in [0.4, 0.5) is 5.13 Å². The van der Waals surface area contributed by atoms with Crippen molar-refractivity contribution in [2.45, 2.75) is 17.7 Å². The van der Waals surface area contributed by atoms with Gasteiger partial charge in [0.15, 0.2) is 10.1 Å². The van der Waals surface area contributed by atoms with Crippen LogP contribution in [-0.4, -0.2) is 34.2 Å². The van der Waals surface area contributed by atoms with E-state index in [1.54, 1.807) is 30.3 Å². The number of benzene rings is 2. The van der Waals surface area contributed by atoms with Crippen LogP contribution in [-0.2, 0) is 0 Å². The molecule has 0 spiro atoms. The zero-order valence-electron chi connectivity index (χ0n) is 15.3. The first-order valence-electron chi connectivity index (χ1n) is 8.74. The summed E-state index contributed by atoms with van der Waals surface area (Å²) in [5, 5.41) is 11.1. The average molecular weight is 414 g/mol. The molecule has 2 aromatic carbocycles. The maximum atomic E-state index is 12.4. The molecule has 1 N–H and O–H groups in total. The van der Waals surface area contributed by atoms with Crippen LogP contribution in [0.5, 0.6) is 5.75 Å². The molecule has 0 aliphatic rings. The highest BCUT2D eigenvalue weighted by Crippen LogP contribution is 2.26. The zero-order chi connectivity index (χ0) is 19.8. The second kappa shape index (κ2) is 10.0. The molecule has 0 bridgehead atoms. The van der Waals surface area contributed by atoms with Gasteiger partial charge in [0.05, 0.1) is 12.4 Å². The zero-order valence-corrected chi connectivity index (χ0v) is 16.9. The fourth-order valence-electron chi connectivity index (χ4n) is 2.27. The third-order valence-electron chi connectivity index (χ3n) is 3.62. The smallest absolute Gasteiger partial charge is 0.257 e. The molecule has 28 heavy (non-hydrogen) atoms. The van der Waals surface area contributed by atoms with Gasteiger partial charge in [0.2, 0.25) is 5.13 Å². The van der Waals surface area contributed by atoms with Crippen molar-refractivity contribution < 1.29 is 14.3 Å². The number of carbonyl (C=O) groups is 2. The van der Waals surface area contributed by atoms with Crippen LogP contribution >= 0.6 is 23.1 Å². The van der Waals surface area contributed by atoms with Crippen molar-refractivity contribution in [2.24, 2.45) is 0 Å². The lowest BCUT2D eigenvalue weighted by atomic mass is 10.2. The fraction of sp³-hybridized carbons (Fsp3) is 0.200. The number of rotatable bonds is 9. The molecule has 3 aromatic rings. The average Bonchev–Trinajstić information content (AvgIpc) is 3.18. The minimum absolute atomic E-state index is 0.0234. The van der Waals surface area contributed by atoms with Gasteiger partial charge in [-0.15, -0.1) is 10.2 Å². The molecular formula is C20H19N3O3S2. The predicted molar refractivity (Wildman–Crippen MR) is 112 cm³/mol. The Labute approximate surface area is 171 Å². The molecule has 0 aliphatic heterocycles. The number of nitrogens with one attached hydrogen (secondary N) is 1. The quantitative estimate of drug-likeness (QED) is 0.315. The standard InChI is InChI=1S/C20H19N3O3S2/c1-2-11-26-16-10-6-9-15(12-16)18(25)21-19-22-23-20(28-19)27-13-17(24)14-7-4-3-5-8-14/h3-10,12H,2,11,13H2,1H3,(H,21,22,25). The lowest BCUT2D eigenvalue weighted by molar-refractivity contribution is 0.101. The highest BCUT2D eigenvalue weighted by atomic mass is 32.2. The Balaban J connectivity index is 1.55. The number of carbonyl (C=O) groups excluding carboxylic acids is 2. The normalized spacial score (nSPS) is 10.5. The van der Waals surface area contributed by atoms with Gasteiger partial charge in [-0.1, -0.05) is 66.4 Å². The highest BCUT2D eigenvalue weighted by molar-refractivity contribution is 8.01. The first-order chi connectivity index (χ1) is 13.7. The van der Waals surface area contributed by atoms with Crippen molar-refractivity contribution in [2.75, 3.05) is 17.7 Å². The van der Waals surface area contributed by atoms with E-state index in [-0.39, 0.29) is 17.4 Å². The summed E-state index contributed by atoms with van der Waals surface area (Å²) >= 11 is 2.54. The van der Waals surface area contributed by atoms with Crippen molar-refractivity contribution in [3.63, 3.8) is 0 Å². The van der Waals surface area contributed by atoms with E-state index >= 15 is 0 Å². The summed E-state index contributed by atoms with van der Waals surface area (Å²) in [4.78, 5) is 24.6. The Morgan fingerprint density at radius 3 is 2.64 bits per heavy atom. The number of ether oxygens (including phenoxy) is 1. The van der Waals surface area contributed by atoms with Crippen molar-refractivity contribution in [1.29, 1.82) is 0 Å². The molecule has 8 heteroatoms. The van der Waals surface area contributed by atoms with Crippen LogP contribution in [0, 0.1) is 0 Å². The molecular weight excluding hydrogens is 394 g/mol. The van der Waals surface area contributed by atoms with E-state index in [9.17, 15) is 9.59 Å². The van der Waals surface area contributed by atoms with E-state index in [2.05, 4.69) is 15.5 Å². The number of nitrogens with zero attached hydrogens (tertiary/aromatic N) is 2. The Bertz CT molecular complexity index is 945. The SMILES string of the molecule is CCCOc1cccc(C(=O)Nc2nnc(SCC(=O)c3ccccc3)s2)c1. The lowest BCUT2D eigenvalue weighted by Crippen LogP contribution is -2.11. The van der Waals surface area contributed by atoms with Gasteiger partial charge in [0, 0.05) is 11.1 Å². The lowest BCUT2D eigenvalue weighted by Gasteiger charge is -2.06. The van der Waals surface area contributed by atoms with Gasteiger partial charge in [-0.3, -0.25) is 14.9 Å². The van der Waals surface area contributed by atoms with Crippen molar-refractivity contribution in [1.82, 2.24) is 10.2 Å². The largest absolute Gasteiger partial charge is 0.494 e. The first kappa shape index (κ1) is 20.0. The van der Waals surface area contributed by atoms with E-state index in [0.717, 1.165) is 6.42 Å². The third-order valence-corrected chi connectivity index (χ3v) is 5.59.